The minimum atomic E-state index is -0.813. The molecular weight excluding hydrogens is 280 g/mol. The lowest BCUT2D eigenvalue weighted by Gasteiger charge is -2.11. The lowest BCUT2D eigenvalue weighted by atomic mass is 10.2. The number of anilines is 1. The summed E-state index contributed by atoms with van der Waals surface area (Å²) < 4.78 is 1.40. The van der Waals surface area contributed by atoms with Crippen LogP contribution in [0.2, 0.25) is 0 Å². The number of hydrogen-bond acceptors (Lipinski definition) is 7. The molecule has 0 spiro atoms. The Labute approximate surface area is 118 Å². The van der Waals surface area contributed by atoms with Gasteiger partial charge in [-0.2, -0.15) is 4.98 Å². The van der Waals surface area contributed by atoms with Crippen molar-refractivity contribution in [2.24, 2.45) is 7.05 Å². The van der Waals surface area contributed by atoms with Crippen molar-refractivity contribution < 1.29 is 0 Å². The van der Waals surface area contributed by atoms with E-state index >= 15 is 0 Å². The highest BCUT2D eigenvalue weighted by atomic mass is 32.2. The first-order valence-corrected chi connectivity index (χ1v) is 6.75. The zero-order chi connectivity index (χ0) is 14.7. The van der Waals surface area contributed by atoms with E-state index in [0.29, 0.717) is 10.2 Å². The third kappa shape index (κ3) is 2.72. The largest absolute Gasteiger partial charge is 0.373 e. The first-order chi connectivity index (χ1) is 9.56. The molecule has 0 fully saturated rings. The van der Waals surface area contributed by atoms with Crippen LogP contribution in [0.25, 0.3) is 0 Å². The van der Waals surface area contributed by atoms with Gasteiger partial charge >= 0.3 is 11.1 Å². The van der Waals surface area contributed by atoms with Gasteiger partial charge in [-0.3, -0.25) is 19.4 Å². The van der Waals surface area contributed by atoms with Crippen molar-refractivity contribution in [2.45, 2.75) is 23.5 Å². The Kier molecular flexibility index (Phi) is 4.18. The summed E-state index contributed by atoms with van der Waals surface area (Å²) in [5.41, 5.74) is -0.627. The van der Waals surface area contributed by atoms with Crippen molar-refractivity contribution >= 4 is 17.6 Å². The lowest BCUT2D eigenvalue weighted by Crippen LogP contribution is -2.33. The van der Waals surface area contributed by atoms with Gasteiger partial charge in [-0.05, 0) is 18.2 Å². The molecular formula is C11H14N6O2S. The van der Waals surface area contributed by atoms with Crippen LogP contribution in [-0.4, -0.2) is 31.8 Å². The molecule has 2 heterocycles. The van der Waals surface area contributed by atoms with Crippen molar-refractivity contribution in [3.8, 4) is 0 Å². The molecule has 0 atom stereocenters. The molecule has 2 aromatic rings. The van der Waals surface area contributed by atoms with Gasteiger partial charge in [0.05, 0.1) is 0 Å². The lowest BCUT2D eigenvalue weighted by molar-refractivity contribution is 0.596. The number of aromatic amines is 1. The zero-order valence-electron chi connectivity index (χ0n) is 11.3. The average Bonchev–Trinajstić information content (AvgIpc) is 2.44. The number of rotatable bonds is 4. The van der Waals surface area contributed by atoms with Gasteiger partial charge in [0.15, 0.2) is 5.16 Å². The van der Waals surface area contributed by atoms with E-state index in [1.807, 2.05) is 6.92 Å². The number of nitrogens with zero attached hydrogens (tertiary/aromatic N) is 4. The fraction of sp³-hybridized carbons (Fsp3) is 0.364. The molecule has 0 aliphatic carbocycles. The highest BCUT2D eigenvalue weighted by Crippen LogP contribution is 2.28. The van der Waals surface area contributed by atoms with Crippen molar-refractivity contribution in [3.63, 3.8) is 0 Å². The Morgan fingerprint density at radius 1 is 1.40 bits per heavy atom. The molecule has 0 bridgehead atoms. The van der Waals surface area contributed by atoms with E-state index in [1.165, 1.54) is 22.8 Å². The summed E-state index contributed by atoms with van der Waals surface area (Å²) in [4.78, 5) is 34.6. The van der Waals surface area contributed by atoms with Crippen molar-refractivity contribution in [2.75, 3.05) is 12.4 Å². The van der Waals surface area contributed by atoms with Gasteiger partial charge in [-0.1, -0.05) is 6.92 Å². The standard InChI is InChI=1S/C11H14N6O2S/c1-4-6-7(12-2)13-5-14-10(6)20-11-15-8(18)9(19)16-17(11)3/h5H,4H2,1-3H3,(H,16,19)(H,12,13,14). The van der Waals surface area contributed by atoms with Gasteiger partial charge in [0.2, 0.25) is 0 Å². The average molecular weight is 294 g/mol. The van der Waals surface area contributed by atoms with Gasteiger partial charge in [-0.15, -0.1) is 0 Å². The Bertz CT molecular complexity index is 738. The van der Waals surface area contributed by atoms with E-state index in [4.69, 9.17) is 0 Å². The summed E-state index contributed by atoms with van der Waals surface area (Å²) in [7, 11) is 3.39. The van der Waals surface area contributed by atoms with Crippen LogP contribution in [0.15, 0.2) is 26.1 Å². The van der Waals surface area contributed by atoms with Crippen LogP contribution in [-0.2, 0) is 13.5 Å². The molecule has 106 valence electrons. The van der Waals surface area contributed by atoms with Gasteiger partial charge < -0.3 is 5.32 Å². The Hall–Kier alpha value is -2.16. The molecule has 8 nitrogen and oxygen atoms in total. The summed E-state index contributed by atoms with van der Waals surface area (Å²) in [6, 6.07) is 0. The Morgan fingerprint density at radius 2 is 2.15 bits per heavy atom. The Balaban J connectivity index is 2.47. The molecule has 0 radical (unpaired) electrons. The monoisotopic (exact) mass is 294 g/mol. The second-order valence-electron chi connectivity index (χ2n) is 3.91. The van der Waals surface area contributed by atoms with Gasteiger partial charge in [-0.25, -0.2) is 9.97 Å². The second kappa shape index (κ2) is 5.87. The zero-order valence-corrected chi connectivity index (χ0v) is 12.1. The molecule has 0 aliphatic heterocycles. The van der Waals surface area contributed by atoms with E-state index in [0.717, 1.165) is 17.8 Å². The molecule has 2 N–H and O–H groups in total. The summed E-state index contributed by atoms with van der Waals surface area (Å²) >= 11 is 1.21. The maximum Gasteiger partial charge on any atom is 0.339 e. The molecule has 0 saturated heterocycles. The smallest absolute Gasteiger partial charge is 0.339 e. The van der Waals surface area contributed by atoms with Gasteiger partial charge in [0, 0.05) is 19.7 Å². The maximum atomic E-state index is 11.3. The van der Waals surface area contributed by atoms with E-state index in [9.17, 15) is 9.59 Å². The number of H-pyrrole nitrogens is 1. The van der Waals surface area contributed by atoms with Crippen molar-refractivity contribution in [1.29, 1.82) is 0 Å². The number of hydrogen-bond donors (Lipinski definition) is 2. The van der Waals surface area contributed by atoms with Gasteiger partial charge in [0.1, 0.15) is 17.2 Å². The molecule has 0 saturated carbocycles. The molecule has 0 aliphatic rings. The van der Waals surface area contributed by atoms with Crippen LogP contribution in [0.5, 0.6) is 0 Å². The highest BCUT2D eigenvalue weighted by Gasteiger charge is 2.13. The molecule has 20 heavy (non-hydrogen) atoms. The predicted octanol–water partition coefficient (Wildman–Crippen LogP) is 0.0139. The summed E-state index contributed by atoms with van der Waals surface area (Å²) in [6.07, 6.45) is 2.17. The van der Waals surface area contributed by atoms with Crippen LogP contribution in [0.1, 0.15) is 12.5 Å². The molecule has 2 rings (SSSR count). The molecule has 9 heteroatoms. The quantitative estimate of drug-likeness (QED) is 0.604. The van der Waals surface area contributed by atoms with E-state index in [1.54, 1.807) is 14.1 Å². The maximum absolute atomic E-state index is 11.3. The van der Waals surface area contributed by atoms with Crippen LogP contribution in [0.3, 0.4) is 0 Å². The van der Waals surface area contributed by atoms with Crippen molar-refractivity contribution in [3.05, 3.63) is 32.6 Å². The predicted molar refractivity (Wildman–Crippen MR) is 75.2 cm³/mol. The van der Waals surface area contributed by atoms with Crippen molar-refractivity contribution in [1.82, 2.24) is 24.7 Å². The molecule has 0 amide bonds. The SMILES string of the molecule is CCc1c(NC)ncnc1Sc1nc(=O)c(=O)[nH]n1C. The van der Waals surface area contributed by atoms with Crippen LogP contribution in [0, 0.1) is 0 Å². The normalized spacial score (nSPS) is 10.6. The number of aryl methyl sites for hydroxylation is 1. The van der Waals surface area contributed by atoms with E-state index in [-0.39, 0.29) is 0 Å². The van der Waals surface area contributed by atoms with E-state index < -0.39 is 11.1 Å². The molecule has 0 aromatic carbocycles. The molecule has 2 aromatic heterocycles. The topological polar surface area (TPSA) is 106 Å². The first kappa shape index (κ1) is 14.3. The Morgan fingerprint density at radius 3 is 2.80 bits per heavy atom. The second-order valence-corrected chi connectivity index (χ2v) is 4.87. The molecule has 0 unspecified atom stereocenters. The third-order valence-electron chi connectivity index (χ3n) is 2.63. The highest BCUT2D eigenvalue weighted by molar-refractivity contribution is 7.99. The minimum Gasteiger partial charge on any atom is -0.373 e. The van der Waals surface area contributed by atoms with Crippen LogP contribution >= 0.6 is 11.8 Å². The summed E-state index contributed by atoms with van der Waals surface area (Å²) in [5, 5.41) is 6.46. The number of aromatic nitrogens is 5. The first-order valence-electron chi connectivity index (χ1n) is 5.93. The number of nitrogens with one attached hydrogen (secondary N) is 2. The summed E-state index contributed by atoms with van der Waals surface area (Å²) in [6.45, 7) is 1.99. The van der Waals surface area contributed by atoms with Gasteiger partial charge in [0.25, 0.3) is 0 Å². The van der Waals surface area contributed by atoms with E-state index in [2.05, 4.69) is 25.4 Å². The fourth-order valence-corrected chi connectivity index (χ4v) is 2.60. The summed E-state index contributed by atoms with van der Waals surface area (Å²) in [5.74, 6) is 0.736. The minimum absolute atomic E-state index is 0.366. The third-order valence-corrected chi connectivity index (χ3v) is 3.72. The van der Waals surface area contributed by atoms with Crippen LogP contribution in [0.4, 0.5) is 5.82 Å². The fourth-order valence-electron chi connectivity index (χ4n) is 1.66. The van der Waals surface area contributed by atoms with Crippen LogP contribution < -0.4 is 16.4 Å².